The van der Waals surface area contributed by atoms with Gasteiger partial charge in [0.15, 0.2) is 5.78 Å². The van der Waals surface area contributed by atoms with Gasteiger partial charge in [0, 0.05) is 12.5 Å². The van der Waals surface area contributed by atoms with Crippen LogP contribution in [0.5, 0.6) is 0 Å². The molecule has 2 atom stereocenters. The SMILES string of the molecule is COC(=O)NC1(C(=O)C(C)C(C)C)CCCN(C(=O)OC(C)(C)C)C1. The van der Waals surface area contributed by atoms with Crippen molar-refractivity contribution in [3.63, 3.8) is 0 Å². The van der Waals surface area contributed by atoms with Crippen LogP contribution in [0.15, 0.2) is 0 Å². The zero-order valence-corrected chi connectivity index (χ0v) is 16.5. The van der Waals surface area contributed by atoms with Crippen molar-refractivity contribution >= 4 is 18.0 Å². The van der Waals surface area contributed by atoms with E-state index in [9.17, 15) is 14.4 Å². The van der Waals surface area contributed by atoms with Crippen molar-refractivity contribution < 1.29 is 23.9 Å². The number of ether oxygens (including phenoxy) is 2. The van der Waals surface area contributed by atoms with E-state index in [-0.39, 0.29) is 24.2 Å². The van der Waals surface area contributed by atoms with Crippen LogP contribution in [0.3, 0.4) is 0 Å². The van der Waals surface area contributed by atoms with Crippen LogP contribution in [0.25, 0.3) is 0 Å². The molecule has 0 aromatic rings. The highest BCUT2D eigenvalue weighted by Crippen LogP contribution is 2.29. The minimum absolute atomic E-state index is 0.0823. The molecule has 1 N–H and O–H groups in total. The van der Waals surface area contributed by atoms with Gasteiger partial charge >= 0.3 is 12.2 Å². The Morgan fingerprint density at radius 3 is 2.24 bits per heavy atom. The minimum atomic E-state index is -1.15. The first kappa shape index (κ1) is 21.3. The van der Waals surface area contributed by atoms with Crippen molar-refractivity contribution in [2.24, 2.45) is 11.8 Å². The molecule has 1 saturated heterocycles. The van der Waals surface area contributed by atoms with Crippen molar-refractivity contribution in [1.29, 1.82) is 0 Å². The van der Waals surface area contributed by atoms with E-state index in [4.69, 9.17) is 9.47 Å². The molecule has 0 radical (unpaired) electrons. The Morgan fingerprint density at radius 2 is 1.76 bits per heavy atom. The van der Waals surface area contributed by atoms with E-state index in [2.05, 4.69) is 5.32 Å². The molecule has 1 aliphatic rings. The van der Waals surface area contributed by atoms with Gasteiger partial charge in [-0.1, -0.05) is 20.8 Å². The Hall–Kier alpha value is -1.79. The molecule has 2 amide bonds. The number of hydrogen-bond donors (Lipinski definition) is 1. The molecule has 25 heavy (non-hydrogen) atoms. The summed E-state index contributed by atoms with van der Waals surface area (Å²) in [5, 5.41) is 2.71. The van der Waals surface area contributed by atoms with Crippen LogP contribution in [0.2, 0.25) is 0 Å². The third-order valence-electron chi connectivity index (χ3n) is 4.56. The van der Waals surface area contributed by atoms with Crippen LogP contribution < -0.4 is 5.32 Å². The zero-order chi connectivity index (χ0) is 19.4. The van der Waals surface area contributed by atoms with Gasteiger partial charge in [0.25, 0.3) is 0 Å². The second-order valence-electron chi connectivity index (χ2n) is 8.10. The summed E-state index contributed by atoms with van der Waals surface area (Å²) >= 11 is 0. The lowest BCUT2D eigenvalue weighted by molar-refractivity contribution is -0.132. The quantitative estimate of drug-likeness (QED) is 0.837. The maximum atomic E-state index is 13.1. The van der Waals surface area contributed by atoms with Crippen LogP contribution in [0.4, 0.5) is 9.59 Å². The molecule has 1 aliphatic heterocycles. The molecule has 0 spiro atoms. The van der Waals surface area contributed by atoms with Gasteiger partial charge in [0.2, 0.25) is 0 Å². The smallest absolute Gasteiger partial charge is 0.410 e. The molecular formula is C18H32N2O5. The zero-order valence-electron chi connectivity index (χ0n) is 16.5. The summed E-state index contributed by atoms with van der Waals surface area (Å²) in [6, 6.07) is 0. The van der Waals surface area contributed by atoms with E-state index in [1.165, 1.54) is 12.0 Å². The molecule has 0 saturated carbocycles. The number of nitrogens with one attached hydrogen (secondary N) is 1. The number of carbonyl (C=O) groups is 3. The fraction of sp³-hybridized carbons (Fsp3) is 0.833. The van der Waals surface area contributed by atoms with Crippen LogP contribution in [-0.2, 0) is 14.3 Å². The predicted molar refractivity (Wildman–Crippen MR) is 94.3 cm³/mol. The fourth-order valence-electron chi connectivity index (χ4n) is 2.89. The molecule has 144 valence electrons. The van der Waals surface area contributed by atoms with Crippen molar-refractivity contribution in [2.75, 3.05) is 20.2 Å². The number of hydrogen-bond acceptors (Lipinski definition) is 5. The average Bonchev–Trinajstić information content (AvgIpc) is 2.51. The number of carbonyl (C=O) groups excluding carboxylic acids is 3. The molecule has 1 fully saturated rings. The van der Waals surface area contributed by atoms with E-state index < -0.39 is 23.3 Å². The normalized spacial score (nSPS) is 22.3. The van der Waals surface area contributed by atoms with E-state index in [1.54, 1.807) is 20.8 Å². The summed E-state index contributed by atoms with van der Waals surface area (Å²) < 4.78 is 10.1. The van der Waals surface area contributed by atoms with E-state index in [0.29, 0.717) is 19.4 Å². The van der Waals surface area contributed by atoms with Crippen LogP contribution in [0, 0.1) is 11.8 Å². The van der Waals surface area contributed by atoms with Gasteiger partial charge in [-0.2, -0.15) is 0 Å². The molecule has 0 bridgehead atoms. The summed E-state index contributed by atoms with van der Waals surface area (Å²) in [5.41, 5.74) is -1.77. The van der Waals surface area contributed by atoms with E-state index in [1.807, 2.05) is 20.8 Å². The summed E-state index contributed by atoms with van der Waals surface area (Å²) in [6.45, 7) is 11.7. The van der Waals surface area contributed by atoms with Gasteiger partial charge in [-0.15, -0.1) is 0 Å². The number of methoxy groups -OCH3 is 1. The number of ketones is 1. The van der Waals surface area contributed by atoms with Gasteiger partial charge in [-0.3, -0.25) is 4.79 Å². The van der Waals surface area contributed by atoms with Gasteiger partial charge < -0.3 is 19.7 Å². The Bertz CT molecular complexity index is 512. The molecule has 1 rings (SSSR count). The standard InChI is InChI=1S/C18H32N2O5/c1-12(2)13(3)14(21)18(19-15(22)24-7)9-8-10-20(11-18)16(23)25-17(4,5)6/h12-13H,8-11H2,1-7H3,(H,19,22). The number of alkyl carbamates (subject to hydrolysis) is 1. The monoisotopic (exact) mass is 356 g/mol. The first-order valence-corrected chi connectivity index (χ1v) is 8.80. The van der Waals surface area contributed by atoms with Crippen molar-refractivity contribution in [2.45, 2.75) is 65.5 Å². The highest BCUT2D eigenvalue weighted by Gasteiger charge is 2.47. The maximum Gasteiger partial charge on any atom is 0.410 e. The molecule has 1 heterocycles. The summed E-state index contributed by atoms with van der Waals surface area (Å²) in [5.74, 6) is -0.211. The van der Waals surface area contributed by atoms with E-state index >= 15 is 0 Å². The van der Waals surface area contributed by atoms with Crippen molar-refractivity contribution in [1.82, 2.24) is 10.2 Å². The minimum Gasteiger partial charge on any atom is -0.453 e. The Balaban J connectivity index is 3.08. The summed E-state index contributed by atoms with van der Waals surface area (Å²) in [6.07, 6.45) is -0.0829. The fourth-order valence-corrected chi connectivity index (χ4v) is 2.89. The molecule has 2 unspecified atom stereocenters. The predicted octanol–water partition coefficient (Wildman–Crippen LogP) is 2.97. The van der Waals surface area contributed by atoms with Gasteiger partial charge in [-0.25, -0.2) is 9.59 Å². The number of amides is 2. The second-order valence-corrected chi connectivity index (χ2v) is 8.10. The number of rotatable bonds is 4. The van der Waals surface area contributed by atoms with Crippen LogP contribution >= 0.6 is 0 Å². The van der Waals surface area contributed by atoms with Crippen LogP contribution in [-0.4, -0.2) is 54.2 Å². The van der Waals surface area contributed by atoms with E-state index in [0.717, 1.165) is 0 Å². The summed E-state index contributed by atoms with van der Waals surface area (Å²) in [7, 11) is 1.26. The Morgan fingerprint density at radius 1 is 1.16 bits per heavy atom. The lowest BCUT2D eigenvalue weighted by atomic mass is 9.77. The van der Waals surface area contributed by atoms with Crippen molar-refractivity contribution in [3.05, 3.63) is 0 Å². The van der Waals surface area contributed by atoms with Gasteiger partial charge in [-0.05, 0) is 39.5 Å². The average molecular weight is 356 g/mol. The van der Waals surface area contributed by atoms with Crippen LogP contribution in [0.1, 0.15) is 54.4 Å². The highest BCUT2D eigenvalue weighted by atomic mass is 16.6. The molecule has 0 aromatic heterocycles. The highest BCUT2D eigenvalue weighted by molar-refractivity contribution is 5.94. The first-order valence-electron chi connectivity index (χ1n) is 8.80. The Labute approximate surface area is 150 Å². The summed E-state index contributed by atoms with van der Waals surface area (Å²) in [4.78, 5) is 38.9. The topological polar surface area (TPSA) is 84.9 Å². The molecule has 7 heteroatoms. The second kappa shape index (κ2) is 8.06. The molecular weight excluding hydrogens is 324 g/mol. The molecule has 0 aliphatic carbocycles. The third-order valence-corrected chi connectivity index (χ3v) is 4.56. The van der Waals surface area contributed by atoms with Crippen molar-refractivity contribution in [3.8, 4) is 0 Å². The molecule has 7 nitrogen and oxygen atoms in total. The number of likely N-dealkylation sites (tertiary alicyclic amines) is 1. The first-order chi connectivity index (χ1) is 11.4. The third kappa shape index (κ3) is 5.61. The number of nitrogens with zero attached hydrogens (tertiary/aromatic N) is 1. The Kier molecular flexibility index (Phi) is 6.85. The maximum absolute atomic E-state index is 13.1. The lowest BCUT2D eigenvalue weighted by Gasteiger charge is -2.43. The lowest BCUT2D eigenvalue weighted by Crippen LogP contribution is -2.65. The van der Waals surface area contributed by atoms with Gasteiger partial charge in [0.1, 0.15) is 11.1 Å². The van der Waals surface area contributed by atoms with Gasteiger partial charge in [0.05, 0.1) is 13.7 Å². The number of piperidine rings is 1. The number of Topliss-reactive ketones (excluding diaryl/α,β-unsaturated/α-hetero) is 1. The molecule has 0 aromatic carbocycles. The largest absolute Gasteiger partial charge is 0.453 e.